The molecule has 0 aliphatic carbocycles. The van der Waals surface area contributed by atoms with Crippen LogP contribution in [0.15, 0.2) is 17.0 Å². The minimum absolute atomic E-state index is 0.643. The van der Waals surface area contributed by atoms with E-state index in [1.165, 1.54) is 32.1 Å². The molecule has 1 aromatic rings. The molecule has 0 aromatic carbocycles. The first-order chi connectivity index (χ1) is 7.81. The second-order valence-corrected chi connectivity index (χ2v) is 5.12. The van der Waals surface area contributed by atoms with Gasteiger partial charge in [-0.3, -0.25) is 0 Å². The molecule has 3 nitrogen and oxygen atoms in total. The molecule has 1 aromatic heterocycles. The molecule has 0 bridgehead atoms. The summed E-state index contributed by atoms with van der Waals surface area (Å²) in [4.78, 5) is 10.9. The summed E-state index contributed by atoms with van der Waals surface area (Å²) >= 11 is 3.41. The van der Waals surface area contributed by atoms with Crippen molar-refractivity contribution < 1.29 is 0 Å². The fourth-order valence-electron chi connectivity index (χ4n) is 2.38. The Morgan fingerprint density at radius 2 is 2.25 bits per heavy atom. The molecule has 2 heterocycles. The Kier molecular flexibility index (Phi) is 4.16. The van der Waals surface area contributed by atoms with Crippen LogP contribution in [0.25, 0.3) is 0 Å². The molecular formula is C12H18BrN3. The van der Waals surface area contributed by atoms with E-state index in [4.69, 9.17) is 0 Å². The van der Waals surface area contributed by atoms with Crippen molar-refractivity contribution in [3.63, 3.8) is 0 Å². The summed E-state index contributed by atoms with van der Waals surface area (Å²) < 4.78 is 0.872. The summed E-state index contributed by atoms with van der Waals surface area (Å²) in [6.45, 7) is 3.39. The van der Waals surface area contributed by atoms with E-state index in [0.29, 0.717) is 6.04 Å². The molecule has 1 unspecified atom stereocenters. The lowest BCUT2D eigenvalue weighted by Gasteiger charge is -2.30. The number of nitrogens with zero attached hydrogens (tertiary/aromatic N) is 3. The normalized spacial score (nSPS) is 21.9. The second-order valence-electron chi connectivity index (χ2n) is 4.30. The topological polar surface area (TPSA) is 29.0 Å². The molecule has 0 saturated carbocycles. The lowest BCUT2D eigenvalue weighted by Crippen LogP contribution is -2.35. The molecule has 0 amide bonds. The molecule has 1 atom stereocenters. The Balaban J connectivity index is 2.21. The molecule has 0 radical (unpaired) electrons. The third-order valence-electron chi connectivity index (χ3n) is 3.26. The zero-order valence-corrected chi connectivity index (χ0v) is 11.3. The molecule has 16 heavy (non-hydrogen) atoms. The largest absolute Gasteiger partial charge is 0.354 e. The summed E-state index contributed by atoms with van der Waals surface area (Å²) in [5, 5.41) is 0. The monoisotopic (exact) mass is 283 g/mol. The Labute approximate surface area is 105 Å². The summed E-state index contributed by atoms with van der Waals surface area (Å²) in [6.07, 6.45) is 8.09. The first-order valence-electron chi connectivity index (χ1n) is 6.05. The molecule has 4 heteroatoms. The van der Waals surface area contributed by atoms with Crippen molar-refractivity contribution in [2.75, 3.05) is 11.4 Å². The van der Waals surface area contributed by atoms with E-state index >= 15 is 0 Å². The van der Waals surface area contributed by atoms with E-state index in [9.17, 15) is 0 Å². The van der Waals surface area contributed by atoms with Crippen molar-refractivity contribution in [2.45, 2.75) is 45.1 Å². The number of hydrogen-bond acceptors (Lipinski definition) is 3. The third-order valence-corrected chi connectivity index (χ3v) is 3.70. The average molecular weight is 284 g/mol. The van der Waals surface area contributed by atoms with Crippen molar-refractivity contribution in [3.05, 3.63) is 17.0 Å². The highest BCUT2D eigenvalue weighted by Gasteiger charge is 2.20. The number of hydrogen-bond donors (Lipinski definition) is 0. The van der Waals surface area contributed by atoms with Crippen LogP contribution >= 0.6 is 15.9 Å². The van der Waals surface area contributed by atoms with Crippen molar-refractivity contribution >= 4 is 21.7 Å². The molecule has 0 N–H and O–H groups in total. The van der Waals surface area contributed by atoms with Gasteiger partial charge < -0.3 is 4.90 Å². The maximum absolute atomic E-state index is 4.39. The van der Waals surface area contributed by atoms with Gasteiger partial charge in [-0.2, -0.15) is 0 Å². The van der Waals surface area contributed by atoms with E-state index in [-0.39, 0.29) is 0 Å². The highest BCUT2D eigenvalue weighted by atomic mass is 79.9. The van der Waals surface area contributed by atoms with E-state index in [0.717, 1.165) is 17.0 Å². The Hall–Kier alpha value is -0.640. The summed E-state index contributed by atoms with van der Waals surface area (Å²) in [6, 6.07) is 2.66. The maximum atomic E-state index is 4.39. The Morgan fingerprint density at radius 1 is 1.38 bits per heavy atom. The fourth-order valence-corrected chi connectivity index (χ4v) is 2.68. The van der Waals surface area contributed by atoms with Crippen molar-refractivity contribution in [1.29, 1.82) is 0 Å². The predicted octanol–water partition coefficient (Wildman–Crippen LogP) is 3.40. The van der Waals surface area contributed by atoms with Gasteiger partial charge in [0.15, 0.2) is 0 Å². The minimum atomic E-state index is 0.643. The minimum Gasteiger partial charge on any atom is -0.354 e. The van der Waals surface area contributed by atoms with Crippen LogP contribution in [-0.4, -0.2) is 22.6 Å². The van der Waals surface area contributed by atoms with Gasteiger partial charge >= 0.3 is 0 Å². The first-order valence-corrected chi connectivity index (χ1v) is 6.84. The average Bonchev–Trinajstić information content (AvgIpc) is 2.53. The second kappa shape index (κ2) is 5.62. The molecule has 1 fully saturated rings. The number of anilines is 1. The van der Waals surface area contributed by atoms with Crippen LogP contribution < -0.4 is 4.90 Å². The molecule has 1 saturated heterocycles. The zero-order chi connectivity index (χ0) is 11.4. The van der Waals surface area contributed by atoms with Gasteiger partial charge in [-0.1, -0.05) is 19.8 Å². The van der Waals surface area contributed by atoms with Crippen LogP contribution in [0.5, 0.6) is 0 Å². The summed E-state index contributed by atoms with van der Waals surface area (Å²) in [7, 11) is 0. The quantitative estimate of drug-likeness (QED) is 0.779. The first kappa shape index (κ1) is 11.8. The highest BCUT2D eigenvalue weighted by Crippen LogP contribution is 2.25. The van der Waals surface area contributed by atoms with Gasteiger partial charge in [-0.15, -0.1) is 0 Å². The SMILES string of the molecule is CCC1CCCCCN1c1cc(Br)ncn1. The van der Waals surface area contributed by atoms with E-state index in [2.05, 4.69) is 37.7 Å². The molecule has 2 rings (SSSR count). The van der Waals surface area contributed by atoms with Gasteiger partial charge in [0.2, 0.25) is 0 Å². The van der Waals surface area contributed by atoms with Gasteiger partial charge in [-0.25, -0.2) is 9.97 Å². The van der Waals surface area contributed by atoms with Crippen LogP contribution in [0.3, 0.4) is 0 Å². The maximum Gasteiger partial charge on any atom is 0.133 e. The number of rotatable bonds is 2. The third kappa shape index (κ3) is 2.73. The Morgan fingerprint density at radius 3 is 3.00 bits per heavy atom. The fraction of sp³-hybridized carbons (Fsp3) is 0.667. The van der Waals surface area contributed by atoms with Gasteiger partial charge in [0.05, 0.1) is 0 Å². The van der Waals surface area contributed by atoms with Crippen molar-refractivity contribution in [2.24, 2.45) is 0 Å². The van der Waals surface area contributed by atoms with Crippen molar-refractivity contribution in [1.82, 2.24) is 9.97 Å². The van der Waals surface area contributed by atoms with Gasteiger partial charge in [-0.05, 0) is 35.2 Å². The molecule has 1 aliphatic rings. The number of halogens is 1. The lowest BCUT2D eigenvalue weighted by molar-refractivity contribution is 0.552. The van der Waals surface area contributed by atoms with Crippen LogP contribution in [0, 0.1) is 0 Å². The standard InChI is InChI=1S/C12H18BrN3/c1-2-10-6-4-3-5-7-16(10)12-8-11(13)14-9-15-12/h8-10H,2-7H2,1H3. The summed E-state index contributed by atoms with van der Waals surface area (Å²) in [5.41, 5.74) is 0. The van der Waals surface area contributed by atoms with E-state index in [1.807, 2.05) is 6.07 Å². The van der Waals surface area contributed by atoms with Gasteiger partial charge in [0.1, 0.15) is 16.7 Å². The zero-order valence-electron chi connectivity index (χ0n) is 9.69. The van der Waals surface area contributed by atoms with Crippen molar-refractivity contribution in [3.8, 4) is 0 Å². The molecular weight excluding hydrogens is 266 g/mol. The number of aromatic nitrogens is 2. The van der Waals surface area contributed by atoms with Crippen LogP contribution in [0.1, 0.15) is 39.0 Å². The molecule has 88 valence electrons. The summed E-state index contributed by atoms with van der Waals surface area (Å²) in [5.74, 6) is 1.07. The Bertz CT molecular complexity index is 343. The van der Waals surface area contributed by atoms with E-state index < -0.39 is 0 Å². The van der Waals surface area contributed by atoms with Crippen LogP contribution in [-0.2, 0) is 0 Å². The van der Waals surface area contributed by atoms with Gasteiger partial charge in [0, 0.05) is 18.7 Å². The molecule has 0 spiro atoms. The van der Waals surface area contributed by atoms with Crippen LogP contribution in [0.4, 0.5) is 5.82 Å². The molecule has 1 aliphatic heterocycles. The van der Waals surface area contributed by atoms with Gasteiger partial charge in [0.25, 0.3) is 0 Å². The highest BCUT2D eigenvalue weighted by molar-refractivity contribution is 9.10. The van der Waals surface area contributed by atoms with Crippen LogP contribution in [0.2, 0.25) is 0 Å². The van der Waals surface area contributed by atoms with E-state index in [1.54, 1.807) is 6.33 Å². The lowest BCUT2D eigenvalue weighted by atomic mass is 10.1. The predicted molar refractivity (Wildman–Crippen MR) is 69.6 cm³/mol. The smallest absolute Gasteiger partial charge is 0.133 e.